The van der Waals surface area contributed by atoms with Gasteiger partial charge < -0.3 is 0 Å². The number of hydrogen-bond donors (Lipinski definition) is 0. The monoisotopic (exact) mass is 311 g/mol. The number of carbonyl (C=O) groups excluding carboxylic acids is 2. The molecule has 1 saturated heterocycles. The third-order valence-corrected chi connectivity index (χ3v) is 4.57. The van der Waals surface area contributed by atoms with Gasteiger partial charge >= 0.3 is 0 Å². The summed E-state index contributed by atoms with van der Waals surface area (Å²) in [5.74, 6) is -1.19. The Hall–Kier alpha value is -1.23. The van der Waals surface area contributed by atoms with Crippen LogP contribution in [0.5, 0.6) is 0 Å². The Kier molecular flexibility index (Phi) is 2.24. The number of amides is 2. The zero-order valence-electron chi connectivity index (χ0n) is 9.91. The lowest BCUT2D eigenvalue weighted by molar-refractivity contribution is -0.125. The van der Waals surface area contributed by atoms with Gasteiger partial charge in [-0.3, -0.25) is 9.59 Å². The van der Waals surface area contributed by atoms with Crippen LogP contribution < -0.4 is 4.90 Å². The van der Waals surface area contributed by atoms with Crippen LogP contribution in [0.3, 0.4) is 0 Å². The molecule has 0 radical (unpaired) electrons. The highest BCUT2D eigenvalue weighted by atomic mass is 79.9. The predicted molar refractivity (Wildman–Crippen MR) is 67.4 cm³/mol. The van der Waals surface area contributed by atoms with E-state index in [-0.39, 0.29) is 33.5 Å². The summed E-state index contributed by atoms with van der Waals surface area (Å²) in [5, 5.41) is 0. The zero-order chi connectivity index (χ0) is 13.2. The van der Waals surface area contributed by atoms with Gasteiger partial charge in [0.05, 0.1) is 22.0 Å². The van der Waals surface area contributed by atoms with E-state index in [0.29, 0.717) is 5.69 Å². The molecule has 2 fully saturated rings. The summed E-state index contributed by atoms with van der Waals surface area (Å²) in [4.78, 5) is 25.5. The Balaban J connectivity index is 1.98. The zero-order valence-corrected chi connectivity index (χ0v) is 11.5. The first-order valence-electron chi connectivity index (χ1n) is 5.68. The normalized spacial score (nSPS) is 28.6. The molecule has 0 aromatic heterocycles. The van der Waals surface area contributed by atoms with Crippen molar-refractivity contribution in [2.75, 3.05) is 4.90 Å². The lowest BCUT2D eigenvalue weighted by atomic mass is 10.1. The van der Waals surface area contributed by atoms with Crippen molar-refractivity contribution in [1.29, 1.82) is 0 Å². The van der Waals surface area contributed by atoms with E-state index < -0.39 is 5.82 Å². The molecule has 0 N–H and O–H groups in total. The molecule has 2 amide bonds. The Bertz CT molecular complexity index is 560. The highest BCUT2D eigenvalue weighted by Crippen LogP contribution is 2.63. The van der Waals surface area contributed by atoms with Gasteiger partial charge in [0.15, 0.2) is 0 Å². The smallest absolute Gasteiger partial charge is 0.238 e. The van der Waals surface area contributed by atoms with E-state index >= 15 is 0 Å². The Morgan fingerprint density at radius 3 is 2.28 bits per heavy atom. The van der Waals surface area contributed by atoms with Gasteiger partial charge in [-0.1, -0.05) is 13.8 Å². The third-order valence-electron chi connectivity index (χ3n) is 3.96. The standard InChI is InChI=1S/C13H11BrFNO2/c1-13(2)9-10(13)12(18)16(11(9)17)6-3-4-8(15)7(14)5-6/h3-5,9-10H,1-2H3. The number of imide groups is 1. The quantitative estimate of drug-likeness (QED) is 0.748. The van der Waals surface area contributed by atoms with Crippen LogP contribution in [-0.2, 0) is 9.59 Å². The summed E-state index contributed by atoms with van der Waals surface area (Å²) in [6.07, 6.45) is 0. The number of piperidine rings is 1. The summed E-state index contributed by atoms with van der Waals surface area (Å²) in [5.41, 5.74) is 0.211. The van der Waals surface area contributed by atoms with Gasteiger partial charge in [0.2, 0.25) is 11.8 Å². The molecule has 1 aliphatic carbocycles. The van der Waals surface area contributed by atoms with Crippen LogP contribution in [-0.4, -0.2) is 11.8 Å². The predicted octanol–water partition coefficient (Wildman–Crippen LogP) is 2.73. The summed E-state index contributed by atoms with van der Waals surface area (Å²) < 4.78 is 13.4. The SMILES string of the molecule is CC1(C)C2C(=O)N(c3ccc(F)c(Br)c3)C(=O)C21. The Morgan fingerprint density at radius 1 is 1.22 bits per heavy atom. The maximum absolute atomic E-state index is 13.2. The summed E-state index contributed by atoms with van der Waals surface area (Å²) in [6, 6.07) is 4.16. The number of halogens is 2. The molecule has 5 heteroatoms. The van der Waals surface area contributed by atoms with Crippen molar-refractivity contribution in [3.05, 3.63) is 28.5 Å². The molecule has 1 aromatic carbocycles. The molecule has 3 rings (SSSR count). The van der Waals surface area contributed by atoms with Gasteiger partial charge in [0.25, 0.3) is 0 Å². The second kappa shape index (κ2) is 3.41. The molecular weight excluding hydrogens is 301 g/mol. The average molecular weight is 312 g/mol. The van der Waals surface area contributed by atoms with Crippen LogP contribution in [0.1, 0.15) is 13.8 Å². The summed E-state index contributed by atoms with van der Waals surface area (Å²) in [7, 11) is 0. The van der Waals surface area contributed by atoms with Crippen molar-refractivity contribution >= 4 is 33.4 Å². The van der Waals surface area contributed by atoms with Crippen molar-refractivity contribution in [3.63, 3.8) is 0 Å². The number of fused-ring (bicyclic) bond motifs is 1. The molecule has 1 aliphatic heterocycles. The van der Waals surface area contributed by atoms with Crippen molar-refractivity contribution in [2.45, 2.75) is 13.8 Å². The van der Waals surface area contributed by atoms with Crippen LogP contribution in [0.4, 0.5) is 10.1 Å². The topological polar surface area (TPSA) is 37.4 Å². The average Bonchev–Trinajstić information content (AvgIpc) is 2.74. The van der Waals surface area contributed by atoms with Crippen LogP contribution in [0, 0.1) is 23.1 Å². The van der Waals surface area contributed by atoms with Gasteiger partial charge in [0.1, 0.15) is 5.82 Å². The summed E-state index contributed by atoms with van der Waals surface area (Å²) >= 11 is 3.06. The molecule has 1 saturated carbocycles. The largest absolute Gasteiger partial charge is 0.274 e. The summed E-state index contributed by atoms with van der Waals surface area (Å²) in [6.45, 7) is 3.85. The number of anilines is 1. The van der Waals surface area contributed by atoms with Crippen molar-refractivity contribution in [2.24, 2.45) is 17.3 Å². The minimum atomic E-state index is -0.414. The van der Waals surface area contributed by atoms with E-state index in [4.69, 9.17) is 0 Å². The number of carbonyl (C=O) groups is 2. The molecule has 0 spiro atoms. The van der Waals surface area contributed by atoms with E-state index in [1.165, 1.54) is 23.1 Å². The van der Waals surface area contributed by atoms with E-state index in [1.807, 2.05) is 13.8 Å². The fraction of sp³-hybridized carbons (Fsp3) is 0.385. The molecule has 3 nitrogen and oxygen atoms in total. The minimum Gasteiger partial charge on any atom is -0.274 e. The van der Waals surface area contributed by atoms with Crippen molar-refractivity contribution in [1.82, 2.24) is 0 Å². The first kappa shape index (κ1) is 11.8. The number of hydrogen-bond acceptors (Lipinski definition) is 2. The molecule has 1 heterocycles. The van der Waals surface area contributed by atoms with Crippen LogP contribution in [0.25, 0.3) is 0 Å². The van der Waals surface area contributed by atoms with Crippen LogP contribution in [0.15, 0.2) is 22.7 Å². The maximum Gasteiger partial charge on any atom is 0.238 e. The maximum atomic E-state index is 13.2. The van der Waals surface area contributed by atoms with Gasteiger partial charge in [-0.05, 0) is 39.5 Å². The van der Waals surface area contributed by atoms with Crippen molar-refractivity contribution in [3.8, 4) is 0 Å². The lowest BCUT2D eigenvalue weighted by Gasteiger charge is -2.20. The van der Waals surface area contributed by atoms with E-state index in [0.717, 1.165) is 0 Å². The highest BCUT2D eigenvalue weighted by Gasteiger charge is 2.72. The Labute approximate surface area is 112 Å². The first-order chi connectivity index (χ1) is 8.35. The highest BCUT2D eigenvalue weighted by molar-refractivity contribution is 9.10. The second-order valence-corrected chi connectivity index (χ2v) is 6.24. The number of nitrogens with zero attached hydrogens (tertiary/aromatic N) is 1. The lowest BCUT2D eigenvalue weighted by Crippen LogP contribution is -2.36. The fourth-order valence-corrected chi connectivity index (χ4v) is 3.19. The molecule has 2 atom stereocenters. The van der Waals surface area contributed by atoms with E-state index in [9.17, 15) is 14.0 Å². The first-order valence-corrected chi connectivity index (χ1v) is 6.48. The molecule has 0 bridgehead atoms. The second-order valence-electron chi connectivity index (χ2n) is 5.39. The minimum absolute atomic E-state index is 0.173. The van der Waals surface area contributed by atoms with Gasteiger partial charge in [0, 0.05) is 0 Å². The van der Waals surface area contributed by atoms with Crippen LogP contribution >= 0.6 is 15.9 Å². The van der Waals surface area contributed by atoms with Gasteiger partial charge in [-0.15, -0.1) is 0 Å². The Morgan fingerprint density at radius 2 is 1.78 bits per heavy atom. The fourth-order valence-electron chi connectivity index (χ4n) is 2.82. The number of rotatable bonds is 1. The number of benzene rings is 1. The molecule has 2 unspecified atom stereocenters. The molecule has 1 aromatic rings. The van der Waals surface area contributed by atoms with Gasteiger partial charge in [-0.2, -0.15) is 0 Å². The third kappa shape index (κ3) is 1.34. The molecular formula is C13H11BrFNO2. The molecule has 18 heavy (non-hydrogen) atoms. The van der Waals surface area contributed by atoms with Crippen LogP contribution in [0.2, 0.25) is 0 Å². The van der Waals surface area contributed by atoms with Crippen molar-refractivity contribution < 1.29 is 14.0 Å². The molecule has 2 aliphatic rings. The molecule has 94 valence electrons. The van der Waals surface area contributed by atoms with E-state index in [2.05, 4.69) is 15.9 Å². The van der Waals surface area contributed by atoms with Gasteiger partial charge in [-0.25, -0.2) is 9.29 Å². The van der Waals surface area contributed by atoms with E-state index in [1.54, 1.807) is 0 Å².